The van der Waals surface area contributed by atoms with Crippen molar-refractivity contribution in [3.63, 3.8) is 0 Å². The van der Waals surface area contributed by atoms with Crippen molar-refractivity contribution < 1.29 is 13.2 Å². The van der Waals surface area contributed by atoms with Gasteiger partial charge in [0.15, 0.2) is 0 Å². The Kier molecular flexibility index (Phi) is 3.19. The molecule has 0 aromatic rings. The van der Waals surface area contributed by atoms with Crippen LogP contribution in [0.5, 0.6) is 0 Å². The predicted molar refractivity (Wildman–Crippen MR) is 34.7 cm³/mol. The van der Waals surface area contributed by atoms with Crippen LogP contribution in [0.1, 0.15) is 27.2 Å². The predicted octanol–water partition coefficient (Wildman–Crippen LogP) is 3.23. The summed E-state index contributed by atoms with van der Waals surface area (Å²) in [5, 5.41) is 0. The Hall–Kier alpha value is -0.210. The van der Waals surface area contributed by atoms with Crippen LogP contribution in [0.25, 0.3) is 0 Å². The maximum absolute atomic E-state index is 11.9. The summed E-state index contributed by atoms with van der Waals surface area (Å²) in [6.45, 7) is 4.62. The van der Waals surface area contributed by atoms with E-state index < -0.39 is 12.1 Å². The van der Waals surface area contributed by atoms with Crippen molar-refractivity contribution in [1.82, 2.24) is 0 Å². The molecule has 0 amide bonds. The molecule has 2 atom stereocenters. The summed E-state index contributed by atoms with van der Waals surface area (Å²) in [6, 6.07) is 0. The van der Waals surface area contributed by atoms with Gasteiger partial charge in [-0.15, -0.1) is 0 Å². The van der Waals surface area contributed by atoms with Gasteiger partial charge in [-0.05, 0) is 5.92 Å². The minimum atomic E-state index is -4.02. The maximum atomic E-state index is 11.9. The van der Waals surface area contributed by atoms with Crippen molar-refractivity contribution in [2.45, 2.75) is 33.4 Å². The normalized spacial score (nSPS) is 18.6. The Morgan fingerprint density at radius 3 is 1.70 bits per heavy atom. The van der Waals surface area contributed by atoms with Gasteiger partial charge in [0.25, 0.3) is 0 Å². The van der Waals surface area contributed by atoms with Gasteiger partial charge in [-0.2, -0.15) is 13.2 Å². The van der Waals surface area contributed by atoms with E-state index in [1.54, 1.807) is 13.8 Å². The number of hydrogen-bond acceptors (Lipinski definition) is 0. The molecule has 0 bridgehead atoms. The average Bonchev–Trinajstić information content (AvgIpc) is 1.83. The molecule has 0 saturated heterocycles. The van der Waals surface area contributed by atoms with Crippen molar-refractivity contribution in [3.05, 3.63) is 0 Å². The monoisotopic (exact) mass is 154 g/mol. The maximum Gasteiger partial charge on any atom is 0.391 e. The van der Waals surface area contributed by atoms with Gasteiger partial charge in [-0.3, -0.25) is 0 Å². The highest BCUT2D eigenvalue weighted by Gasteiger charge is 2.38. The number of rotatable bonds is 2. The van der Waals surface area contributed by atoms with Gasteiger partial charge in [0.2, 0.25) is 0 Å². The van der Waals surface area contributed by atoms with Crippen LogP contribution < -0.4 is 0 Å². The first-order valence-electron chi connectivity index (χ1n) is 3.46. The number of alkyl halides is 3. The van der Waals surface area contributed by atoms with Crippen LogP contribution in [0.4, 0.5) is 13.2 Å². The van der Waals surface area contributed by atoms with Crippen LogP contribution in [0, 0.1) is 11.8 Å². The van der Waals surface area contributed by atoms with Gasteiger partial charge in [-0.25, -0.2) is 0 Å². The van der Waals surface area contributed by atoms with Gasteiger partial charge >= 0.3 is 6.18 Å². The molecule has 0 aliphatic rings. The molecule has 0 aliphatic carbocycles. The van der Waals surface area contributed by atoms with Crippen LogP contribution in [0.15, 0.2) is 0 Å². The Morgan fingerprint density at radius 1 is 1.20 bits per heavy atom. The van der Waals surface area contributed by atoms with E-state index in [1.807, 2.05) is 0 Å². The quantitative estimate of drug-likeness (QED) is 0.572. The molecule has 62 valence electrons. The number of hydrogen-bond donors (Lipinski definition) is 0. The summed E-state index contributed by atoms with van der Waals surface area (Å²) in [7, 11) is 0. The minimum absolute atomic E-state index is 0.264. The summed E-state index contributed by atoms with van der Waals surface area (Å²) in [6.07, 6.45) is -3.43. The van der Waals surface area contributed by atoms with Gasteiger partial charge < -0.3 is 0 Å². The molecule has 0 nitrogen and oxygen atoms in total. The fourth-order valence-corrected chi connectivity index (χ4v) is 0.676. The van der Waals surface area contributed by atoms with E-state index in [-0.39, 0.29) is 5.92 Å². The van der Waals surface area contributed by atoms with E-state index in [2.05, 4.69) is 0 Å². The van der Waals surface area contributed by atoms with Crippen molar-refractivity contribution in [2.75, 3.05) is 0 Å². The zero-order chi connectivity index (χ0) is 8.36. The second-order valence-corrected chi connectivity index (χ2v) is 2.72. The van der Waals surface area contributed by atoms with Crippen molar-refractivity contribution in [1.29, 1.82) is 0 Å². The first kappa shape index (κ1) is 9.79. The summed E-state index contributed by atoms with van der Waals surface area (Å²) in [5.41, 5.74) is 0. The zero-order valence-corrected chi connectivity index (χ0v) is 6.50. The molecule has 0 aliphatic heterocycles. The zero-order valence-electron chi connectivity index (χ0n) is 6.50. The summed E-state index contributed by atoms with van der Waals surface area (Å²) in [5.74, 6) is -1.43. The summed E-state index contributed by atoms with van der Waals surface area (Å²) in [4.78, 5) is 0. The molecular weight excluding hydrogens is 141 g/mol. The molecule has 1 unspecified atom stereocenters. The molecule has 3 heteroatoms. The first-order chi connectivity index (χ1) is 4.39. The Morgan fingerprint density at radius 2 is 1.60 bits per heavy atom. The largest absolute Gasteiger partial charge is 0.391 e. The van der Waals surface area contributed by atoms with Crippen molar-refractivity contribution >= 4 is 0 Å². The van der Waals surface area contributed by atoms with Gasteiger partial charge in [-0.1, -0.05) is 27.2 Å². The first-order valence-corrected chi connectivity index (χ1v) is 3.46. The molecule has 0 spiro atoms. The molecule has 0 N–H and O–H groups in total. The third-order valence-electron chi connectivity index (χ3n) is 2.01. The standard InChI is InChI=1S/C7H13F3/c1-4-5(2)6(3)7(8,9)10/h5-6H,4H2,1-3H3/t5-,6?/m0/s1. The Bertz CT molecular complexity index is 95.5. The molecule has 0 aromatic carbocycles. The lowest BCUT2D eigenvalue weighted by atomic mass is 9.93. The lowest BCUT2D eigenvalue weighted by Gasteiger charge is -2.20. The van der Waals surface area contributed by atoms with Gasteiger partial charge in [0, 0.05) is 0 Å². The van der Waals surface area contributed by atoms with Crippen LogP contribution in [0.3, 0.4) is 0 Å². The van der Waals surface area contributed by atoms with E-state index in [1.165, 1.54) is 6.92 Å². The second-order valence-electron chi connectivity index (χ2n) is 2.72. The highest BCUT2D eigenvalue weighted by molar-refractivity contribution is 4.67. The van der Waals surface area contributed by atoms with E-state index >= 15 is 0 Å². The lowest BCUT2D eigenvalue weighted by molar-refractivity contribution is -0.182. The smallest absolute Gasteiger partial charge is 0.171 e. The van der Waals surface area contributed by atoms with E-state index in [0.717, 1.165) is 0 Å². The van der Waals surface area contributed by atoms with Crippen LogP contribution in [-0.4, -0.2) is 6.18 Å². The van der Waals surface area contributed by atoms with E-state index in [9.17, 15) is 13.2 Å². The topological polar surface area (TPSA) is 0 Å². The highest BCUT2D eigenvalue weighted by Crippen LogP contribution is 2.32. The molecule has 0 heterocycles. The molecular formula is C7H13F3. The van der Waals surface area contributed by atoms with Crippen molar-refractivity contribution in [3.8, 4) is 0 Å². The third-order valence-corrected chi connectivity index (χ3v) is 2.01. The average molecular weight is 154 g/mol. The van der Waals surface area contributed by atoms with Gasteiger partial charge in [0.05, 0.1) is 5.92 Å². The molecule has 0 radical (unpaired) electrons. The second kappa shape index (κ2) is 3.26. The fraction of sp³-hybridized carbons (Fsp3) is 1.00. The Balaban J connectivity index is 3.94. The Labute approximate surface area is 59.4 Å². The molecule has 0 rings (SSSR count). The summed E-state index contributed by atoms with van der Waals surface area (Å²) < 4.78 is 35.7. The SMILES string of the molecule is CC[C@H](C)C(C)C(F)(F)F. The molecule has 0 fully saturated rings. The van der Waals surface area contributed by atoms with E-state index in [0.29, 0.717) is 6.42 Å². The fourth-order valence-electron chi connectivity index (χ4n) is 0.676. The molecule has 10 heavy (non-hydrogen) atoms. The molecule has 0 saturated carbocycles. The minimum Gasteiger partial charge on any atom is -0.171 e. The van der Waals surface area contributed by atoms with Crippen LogP contribution in [-0.2, 0) is 0 Å². The highest BCUT2D eigenvalue weighted by atomic mass is 19.4. The third kappa shape index (κ3) is 2.58. The van der Waals surface area contributed by atoms with E-state index in [4.69, 9.17) is 0 Å². The van der Waals surface area contributed by atoms with Crippen LogP contribution in [0.2, 0.25) is 0 Å². The lowest BCUT2D eigenvalue weighted by Crippen LogP contribution is -2.25. The van der Waals surface area contributed by atoms with Crippen molar-refractivity contribution in [2.24, 2.45) is 11.8 Å². The number of halogens is 3. The van der Waals surface area contributed by atoms with Gasteiger partial charge in [0.1, 0.15) is 0 Å². The molecule has 0 aromatic heterocycles. The van der Waals surface area contributed by atoms with Crippen LogP contribution >= 0.6 is 0 Å². The summed E-state index contributed by atoms with van der Waals surface area (Å²) >= 11 is 0.